The van der Waals surface area contributed by atoms with E-state index >= 15 is 0 Å². The second-order valence-corrected chi connectivity index (χ2v) is 4.78. The molecule has 1 aliphatic rings. The zero-order valence-corrected chi connectivity index (χ0v) is 9.40. The molecule has 0 aromatic heterocycles. The lowest BCUT2D eigenvalue weighted by atomic mass is 10.2. The number of hydrogen-bond acceptors (Lipinski definition) is 3. The van der Waals surface area contributed by atoms with E-state index in [0.29, 0.717) is 19.4 Å². The summed E-state index contributed by atoms with van der Waals surface area (Å²) in [4.78, 5) is 12.1. The van der Waals surface area contributed by atoms with Gasteiger partial charge in [-0.1, -0.05) is 0 Å². The van der Waals surface area contributed by atoms with Crippen LogP contribution in [-0.2, 0) is 0 Å². The number of anilines is 1. The third kappa shape index (κ3) is 2.19. The molecule has 0 spiro atoms. The van der Waals surface area contributed by atoms with Crippen molar-refractivity contribution in [1.29, 1.82) is 0 Å². The third-order valence-corrected chi connectivity index (χ3v) is 3.45. The Morgan fingerprint density at radius 1 is 1.19 bits per heavy atom. The maximum absolute atomic E-state index is 13.6. The number of benzene rings is 1. The summed E-state index contributed by atoms with van der Waals surface area (Å²) in [6.07, 6.45) is 0.446. The molecule has 1 aromatic carbocycles. The molecule has 0 bridgehead atoms. The van der Waals surface area contributed by atoms with E-state index in [-0.39, 0.29) is 11.3 Å². The molecule has 0 N–H and O–H groups in total. The first-order valence-corrected chi connectivity index (χ1v) is 6.15. The van der Waals surface area contributed by atoms with Crippen LogP contribution in [0.5, 0.6) is 0 Å². The SMILES string of the molecule is O=Cc1cc(F)c(N2CCSCC2)c(F)c1. The predicted octanol–water partition coefficient (Wildman–Crippen LogP) is 2.33. The van der Waals surface area contributed by atoms with Gasteiger partial charge in [-0.2, -0.15) is 11.8 Å². The van der Waals surface area contributed by atoms with Crippen molar-refractivity contribution in [3.63, 3.8) is 0 Å². The van der Waals surface area contributed by atoms with Crippen LogP contribution in [0.15, 0.2) is 12.1 Å². The average Bonchev–Trinajstić information content (AvgIpc) is 2.29. The number of nitrogens with zero attached hydrogens (tertiary/aromatic N) is 1. The van der Waals surface area contributed by atoms with E-state index in [0.717, 1.165) is 23.6 Å². The van der Waals surface area contributed by atoms with E-state index in [1.54, 1.807) is 16.7 Å². The van der Waals surface area contributed by atoms with Gasteiger partial charge >= 0.3 is 0 Å². The smallest absolute Gasteiger partial charge is 0.150 e. The van der Waals surface area contributed by atoms with E-state index in [2.05, 4.69) is 0 Å². The van der Waals surface area contributed by atoms with E-state index in [4.69, 9.17) is 0 Å². The molecule has 16 heavy (non-hydrogen) atoms. The summed E-state index contributed by atoms with van der Waals surface area (Å²) in [5, 5.41) is 0. The predicted molar refractivity (Wildman–Crippen MR) is 61.3 cm³/mol. The minimum Gasteiger partial charge on any atom is -0.365 e. The Morgan fingerprint density at radius 2 is 1.75 bits per heavy atom. The van der Waals surface area contributed by atoms with Crippen molar-refractivity contribution in [2.75, 3.05) is 29.5 Å². The quantitative estimate of drug-likeness (QED) is 0.744. The van der Waals surface area contributed by atoms with Gasteiger partial charge in [-0.15, -0.1) is 0 Å². The third-order valence-electron chi connectivity index (χ3n) is 2.50. The zero-order valence-electron chi connectivity index (χ0n) is 8.58. The maximum Gasteiger partial charge on any atom is 0.150 e. The average molecular weight is 243 g/mol. The lowest BCUT2D eigenvalue weighted by Gasteiger charge is -2.29. The number of carbonyl (C=O) groups excluding carboxylic acids is 1. The van der Waals surface area contributed by atoms with Crippen molar-refractivity contribution in [2.24, 2.45) is 0 Å². The minimum absolute atomic E-state index is 0.00843. The number of aldehydes is 1. The second-order valence-electron chi connectivity index (χ2n) is 3.55. The fourth-order valence-corrected chi connectivity index (χ4v) is 2.65. The Kier molecular flexibility index (Phi) is 3.43. The number of rotatable bonds is 2. The van der Waals surface area contributed by atoms with Gasteiger partial charge in [0.1, 0.15) is 23.6 Å². The monoisotopic (exact) mass is 243 g/mol. The molecular formula is C11H11F2NOS. The molecule has 5 heteroatoms. The molecule has 0 unspecified atom stereocenters. The number of hydrogen-bond donors (Lipinski definition) is 0. The van der Waals surface area contributed by atoms with E-state index in [1.807, 2.05) is 0 Å². The molecule has 86 valence electrons. The summed E-state index contributed by atoms with van der Waals surface area (Å²) >= 11 is 1.77. The normalized spacial score (nSPS) is 16.2. The first kappa shape index (κ1) is 11.4. The highest BCUT2D eigenvalue weighted by atomic mass is 32.2. The van der Waals surface area contributed by atoms with Gasteiger partial charge in [-0.05, 0) is 12.1 Å². The van der Waals surface area contributed by atoms with Crippen LogP contribution < -0.4 is 4.90 Å². The summed E-state index contributed by atoms with van der Waals surface area (Å²) in [5.74, 6) is 0.422. The lowest BCUT2D eigenvalue weighted by Crippen LogP contribution is -2.33. The Hall–Kier alpha value is -1.10. The summed E-state index contributed by atoms with van der Waals surface area (Å²) in [6.45, 7) is 1.28. The fourth-order valence-electron chi connectivity index (χ4n) is 1.74. The largest absolute Gasteiger partial charge is 0.365 e. The van der Waals surface area contributed by atoms with Gasteiger partial charge < -0.3 is 4.90 Å². The molecule has 0 amide bonds. The van der Waals surface area contributed by atoms with Gasteiger partial charge in [0.05, 0.1) is 0 Å². The topological polar surface area (TPSA) is 20.3 Å². The molecule has 2 rings (SSSR count). The van der Waals surface area contributed by atoms with E-state index in [1.165, 1.54) is 0 Å². The van der Waals surface area contributed by atoms with Crippen LogP contribution in [0.3, 0.4) is 0 Å². The van der Waals surface area contributed by atoms with Crippen molar-refractivity contribution >= 4 is 23.7 Å². The van der Waals surface area contributed by atoms with Crippen molar-refractivity contribution in [3.05, 3.63) is 29.3 Å². The molecule has 2 nitrogen and oxygen atoms in total. The van der Waals surface area contributed by atoms with Crippen LogP contribution in [0.4, 0.5) is 14.5 Å². The fraction of sp³-hybridized carbons (Fsp3) is 0.364. The van der Waals surface area contributed by atoms with Gasteiger partial charge in [0.15, 0.2) is 0 Å². The van der Waals surface area contributed by atoms with Gasteiger partial charge in [-0.25, -0.2) is 8.78 Å². The molecule has 1 saturated heterocycles. The lowest BCUT2D eigenvalue weighted by molar-refractivity contribution is 0.112. The van der Waals surface area contributed by atoms with Crippen molar-refractivity contribution in [2.45, 2.75) is 0 Å². The Morgan fingerprint density at radius 3 is 2.25 bits per heavy atom. The highest BCUT2D eigenvalue weighted by Gasteiger charge is 2.19. The van der Waals surface area contributed by atoms with Crippen LogP contribution in [0.25, 0.3) is 0 Å². The van der Waals surface area contributed by atoms with Crippen LogP contribution in [-0.4, -0.2) is 30.9 Å². The summed E-state index contributed by atoms with van der Waals surface area (Å²) in [7, 11) is 0. The molecule has 0 atom stereocenters. The minimum atomic E-state index is -0.658. The van der Waals surface area contributed by atoms with Gasteiger partial charge in [0.25, 0.3) is 0 Å². The highest BCUT2D eigenvalue weighted by molar-refractivity contribution is 7.99. The molecule has 0 saturated carbocycles. The maximum atomic E-state index is 13.6. The number of carbonyl (C=O) groups is 1. The molecule has 0 radical (unpaired) electrons. The van der Waals surface area contributed by atoms with Gasteiger partial charge in [0, 0.05) is 30.2 Å². The highest BCUT2D eigenvalue weighted by Crippen LogP contribution is 2.26. The van der Waals surface area contributed by atoms with Gasteiger partial charge in [-0.3, -0.25) is 4.79 Å². The number of thioether (sulfide) groups is 1. The molecule has 0 aliphatic carbocycles. The van der Waals surface area contributed by atoms with Crippen LogP contribution in [0.2, 0.25) is 0 Å². The zero-order chi connectivity index (χ0) is 11.5. The Bertz CT molecular complexity index is 382. The standard InChI is InChI=1S/C11H11F2NOS/c12-9-5-8(7-15)6-10(13)11(9)14-1-3-16-4-2-14/h5-7H,1-4H2. The summed E-state index contributed by atoms with van der Waals surface area (Å²) < 4.78 is 27.3. The Balaban J connectivity index is 2.35. The van der Waals surface area contributed by atoms with Crippen molar-refractivity contribution in [3.8, 4) is 0 Å². The molecule has 1 fully saturated rings. The first-order chi connectivity index (χ1) is 7.72. The first-order valence-electron chi connectivity index (χ1n) is 4.99. The Labute approximate surface area is 96.6 Å². The van der Waals surface area contributed by atoms with Crippen LogP contribution >= 0.6 is 11.8 Å². The summed E-state index contributed by atoms with van der Waals surface area (Å²) in [5.41, 5.74) is 0.0241. The van der Waals surface area contributed by atoms with Gasteiger partial charge in [0.2, 0.25) is 0 Å². The second kappa shape index (κ2) is 4.82. The molecule has 1 heterocycles. The molecule has 1 aliphatic heterocycles. The van der Waals surface area contributed by atoms with Crippen LogP contribution in [0.1, 0.15) is 10.4 Å². The van der Waals surface area contributed by atoms with Crippen molar-refractivity contribution < 1.29 is 13.6 Å². The molecule has 1 aromatic rings. The van der Waals surface area contributed by atoms with Crippen molar-refractivity contribution in [1.82, 2.24) is 0 Å². The van der Waals surface area contributed by atoms with Crippen LogP contribution in [0, 0.1) is 11.6 Å². The van der Waals surface area contributed by atoms with E-state index in [9.17, 15) is 13.6 Å². The number of halogens is 2. The van der Waals surface area contributed by atoms with E-state index < -0.39 is 11.6 Å². The molecular weight excluding hydrogens is 232 g/mol. The summed E-state index contributed by atoms with van der Waals surface area (Å²) in [6, 6.07) is 2.15.